The summed E-state index contributed by atoms with van der Waals surface area (Å²) in [7, 11) is 0. The molecule has 0 saturated carbocycles. The fourth-order valence-electron chi connectivity index (χ4n) is 2.47. The van der Waals surface area contributed by atoms with Crippen molar-refractivity contribution in [2.45, 2.75) is 29.6 Å². The van der Waals surface area contributed by atoms with Crippen molar-refractivity contribution >= 4 is 11.8 Å². The Morgan fingerprint density at radius 1 is 1.33 bits per heavy atom. The summed E-state index contributed by atoms with van der Waals surface area (Å²) in [5.41, 5.74) is 1.65. The number of ether oxygens (including phenoxy) is 1. The molecule has 2 aromatic carbocycles. The van der Waals surface area contributed by atoms with Crippen molar-refractivity contribution in [1.29, 1.82) is 0 Å². The average Bonchev–Trinajstić information content (AvgIpc) is 2.87. The first kappa shape index (κ1) is 14.4. The molecule has 1 unspecified atom stereocenters. The van der Waals surface area contributed by atoms with Crippen molar-refractivity contribution < 1.29 is 14.2 Å². The third-order valence-electron chi connectivity index (χ3n) is 3.57. The number of thioether (sulfide) groups is 1. The SMILES string of the molecule is C[C@H](O)c1ccc(OCC2Cc3ccccc3S2)cc1F. The zero-order valence-electron chi connectivity index (χ0n) is 11.8. The van der Waals surface area contributed by atoms with Gasteiger partial charge in [-0.15, -0.1) is 11.8 Å². The van der Waals surface area contributed by atoms with Crippen molar-refractivity contribution in [1.82, 2.24) is 0 Å². The first-order valence-electron chi connectivity index (χ1n) is 6.98. The average molecular weight is 304 g/mol. The van der Waals surface area contributed by atoms with E-state index < -0.39 is 11.9 Å². The van der Waals surface area contributed by atoms with Gasteiger partial charge < -0.3 is 9.84 Å². The molecule has 2 atom stereocenters. The molecule has 2 nitrogen and oxygen atoms in total. The number of fused-ring (bicyclic) bond motifs is 1. The van der Waals surface area contributed by atoms with E-state index in [2.05, 4.69) is 12.1 Å². The molecule has 0 aliphatic carbocycles. The van der Waals surface area contributed by atoms with E-state index in [1.807, 2.05) is 23.9 Å². The van der Waals surface area contributed by atoms with Gasteiger partial charge in [0.05, 0.1) is 6.10 Å². The van der Waals surface area contributed by atoms with E-state index in [9.17, 15) is 9.50 Å². The lowest BCUT2D eigenvalue weighted by molar-refractivity contribution is 0.194. The van der Waals surface area contributed by atoms with Crippen molar-refractivity contribution in [2.24, 2.45) is 0 Å². The largest absolute Gasteiger partial charge is 0.492 e. The molecule has 1 aliphatic rings. The lowest BCUT2D eigenvalue weighted by atomic mass is 10.1. The molecule has 2 aromatic rings. The lowest BCUT2D eigenvalue weighted by Crippen LogP contribution is -2.13. The molecule has 0 amide bonds. The Hall–Kier alpha value is -1.52. The van der Waals surface area contributed by atoms with Crippen LogP contribution in [0.4, 0.5) is 4.39 Å². The number of aliphatic hydroxyl groups excluding tert-OH is 1. The second-order valence-corrected chi connectivity index (χ2v) is 6.56. The highest BCUT2D eigenvalue weighted by molar-refractivity contribution is 8.00. The van der Waals surface area contributed by atoms with E-state index in [-0.39, 0.29) is 0 Å². The summed E-state index contributed by atoms with van der Waals surface area (Å²) < 4.78 is 19.5. The molecule has 1 aliphatic heterocycles. The first-order valence-corrected chi connectivity index (χ1v) is 7.86. The highest BCUT2D eigenvalue weighted by Gasteiger charge is 2.22. The highest BCUT2D eigenvalue weighted by Crippen LogP contribution is 2.37. The monoisotopic (exact) mass is 304 g/mol. The second-order valence-electron chi connectivity index (χ2n) is 5.22. The van der Waals surface area contributed by atoms with Crippen LogP contribution in [0.1, 0.15) is 24.2 Å². The van der Waals surface area contributed by atoms with Crippen LogP contribution in [-0.4, -0.2) is 17.0 Å². The Morgan fingerprint density at radius 3 is 2.86 bits per heavy atom. The summed E-state index contributed by atoms with van der Waals surface area (Å²) >= 11 is 1.81. The Balaban J connectivity index is 1.61. The summed E-state index contributed by atoms with van der Waals surface area (Å²) in [4.78, 5) is 1.31. The van der Waals surface area contributed by atoms with Gasteiger partial charge in [-0.2, -0.15) is 0 Å². The van der Waals surface area contributed by atoms with Gasteiger partial charge >= 0.3 is 0 Å². The molecule has 4 heteroatoms. The minimum Gasteiger partial charge on any atom is -0.492 e. The molecule has 0 bridgehead atoms. The van der Waals surface area contributed by atoms with E-state index in [4.69, 9.17) is 4.74 Å². The van der Waals surface area contributed by atoms with Gasteiger partial charge in [0.1, 0.15) is 18.2 Å². The minimum atomic E-state index is -0.807. The van der Waals surface area contributed by atoms with Crippen LogP contribution < -0.4 is 4.74 Å². The van der Waals surface area contributed by atoms with Crippen LogP contribution in [0.15, 0.2) is 47.4 Å². The van der Waals surface area contributed by atoms with E-state index >= 15 is 0 Å². The predicted octanol–water partition coefficient (Wildman–Crippen LogP) is 3.97. The van der Waals surface area contributed by atoms with Gasteiger partial charge in [-0.3, -0.25) is 0 Å². The van der Waals surface area contributed by atoms with Crippen LogP contribution in [0.25, 0.3) is 0 Å². The van der Waals surface area contributed by atoms with Gasteiger partial charge in [0, 0.05) is 21.8 Å². The van der Waals surface area contributed by atoms with Gasteiger partial charge in [0.25, 0.3) is 0 Å². The van der Waals surface area contributed by atoms with E-state index in [0.717, 1.165) is 6.42 Å². The van der Waals surface area contributed by atoms with E-state index in [0.29, 0.717) is 23.2 Å². The van der Waals surface area contributed by atoms with Gasteiger partial charge in [-0.05, 0) is 37.1 Å². The van der Waals surface area contributed by atoms with Crippen LogP contribution in [0.3, 0.4) is 0 Å². The van der Waals surface area contributed by atoms with Gasteiger partial charge in [-0.1, -0.05) is 18.2 Å². The number of hydrogen-bond donors (Lipinski definition) is 1. The number of halogens is 1. The molecule has 0 fully saturated rings. The maximum Gasteiger partial charge on any atom is 0.132 e. The molecule has 0 saturated heterocycles. The maximum atomic E-state index is 13.8. The molecule has 1 N–H and O–H groups in total. The predicted molar refractivity (Wildman–Crippen MR) is 82.3 cm³/mol. The third kappa shape index (κ3) is 3.22. The van der Waals surface area contributed by atoms with Crippen LogP contribution >= 0.6 is 11.8 Å². The van der Waals surface area contributed by atoms with Crippen LogP contribution in [0, 0.1) is 5.82 Å². The first-order chi connectivity index (χ1) is 10.1. The third-order valence-corrected chi connectivity index (χ3v) is 4.86. The molecule has 21 heavy (non-hydrogen) atoms. The number of aliphatic hydroxyl groups is 1. The van der Waals surface area contributed by atoms with Crippen LogP contribution in [0.5, 0.6) is 5.75 Å². The minimum absolute atomic E-state index is 0.296. The lowest BCUT2D eigenvalue weighted by Gasteiger charge is -2.12. The standard InChI is InChI=1S/C17H17FO2S/c1-11(19)15-7-6-13(9-16(15)18)20-10-14-8-12-4-2-3-5-17(12)21-14/h2-7,9,11,14,19H,8,10H2,1H3/t11-,14?/m0/s1. The van der Waals surface area contributed by atoms with Crippen molar-refractivity contribution in [2.75, 3.05) is 6.61 Å². The summed E-state index contributed by atoms with van der Waals surface area (Å²) in [6.45, 7) is 2.10. The quantitative estimate of drug-likeness (QED) is 0.926. The summed E-state index contributed by atoms with van der Waals surface area (Å²) in [6.07, 6.45) is 0.175. The van der Waals surface area contributed by atoms with Gasteiger partial charge in [0.2, 0.25) is 0 Å². The molecule has 110 valence electrons. The summed E-state index contributed by atoms with van der Waals surface area (Å²) in [5, 5.41) is 9.78. The molecular formula is C17H17FO2S. The summed E-state index contributed by atoms with van der Waals surface area (Å²) in [6, 6.07) is 13.0. The molecule has 0 aromatic heterocycles. The Bertz CT molecular complexity index is 617. The fraction of sp³-hybridized carbons (Fsp3) is 0.294. The molecule has 0 radical (unpaired) electrons. The van der Waals surface area contributed by atoms with E-state index in [1.165, 1.54) is 16.5 Å². The van der Waals surface area contributed by atoms with Gasteiger partial charge in [0.15, 0.2) is 0 Å². The Morgan fingerprint density at radius 2 is 2.14 bits per heavy atom. The van der Waals surface area contributed by atoms with Crippen molar-refractivity contribution in [3.63, 3.8) is 0 Å². The number of hydrogen-bond acceptors (Lipinski definition) is 3. The molecule has 3 rings (SSSR count). The number of benzene rings is 2. The fourth-order valence-corrected chi connectivity index (χ4v) is 3.69. The van der Waals surface area contributed by atoms with E-state index in [1.54, 1.807) is 19.1 Å². The van der Waals surface area contributed by atoms with Crippen molar-refractivity contribution in [3.8, 4) is 5.75 Å². The normalized spacial score (nSPS) is 18.3. The highest BCUT2D eigenvalue weighted by atomic mass is 32.2. The zero-order valence-corrected chi connectivity index (χ0v) is 12.6. The van der Waals surface area contributed by atoms with Crippen LogP contribution in [0.2, 0.25) is 0 Å². The zero-order chi connectivity index (χ0) is 14.8. The smallest absolute Gasteiger partial charge is 0.132 e. The maximum absolute atomic E-state index is 13.8. The summed E-state index contributed by atoms with van der Waals surface area (Å²) in [5.74, 6) is 0.0818. The van der Waals surface area contributed by atoms with Crippen molar-refractivity contribution in [3.05, 3.63) is 59.4 Å². The molecular weight excluding hydrogens is 287 g/mol. The molecule has 1 heterocycles. The van der Waals surface area contributed by atoms with Crippen LogP contribution in [-0.2, 0) is 6.42 Å². The topological polar surface area (TPSA) is 29.5 Å². The van der Waals surface area contributed by atoms with Gasteiger partial charge in [-0.25, -0.2) is 4.39 Å². The Labute approximate surface area is 128 Å². The Kier molecular flexibility index (Phi) is 4.17. The molecule has 0 spiro atoms. The number of rotatable bonds is 4. The second kappa shape index (κ2) is 6.08.